The largest absolute Gasteiger partial charge is 0.413 e. The van der Waals surface area contributed by atoms with Gasteiger partial charge in [-0.25, -0.2) is 4.79 Å². The lowest BCUT2D eigenvalue weighted by Crippen LogP contribution is -2.45. The maximum atomic E-state index is 12.1. The first-order valence-corrected chi connectivity index (χ1v) is 12.9. The summed E-state index contributed by atoms with van der Waals surface area (Å²) in [5.41, 5.74) is -1.14. The van der Waals surface area contributed by atoms with Crippen molar-refractivity contribution in [1.29, 1.82) is 0 Å². The number of H-pyrrole nitrogens is 1. The van der Waals surface area contributed by atoms with Gasteiger partial charge in [-0.15, -0.1) is 0 Å². The Morgan fingerprint density at radius 3 is 2.59 bits per heavy atom. The van der Waals surface area contributed by atoms with E-state index in [9.17, 15) is 19.8 Å². The van der Waals surface area contributed by atoms with Gasteiger partial charge in [-0.05, 0) is 24.1 Å². The third-order valence-electron chi connectivity index (χ3n) is 6.62. The first-order valence-electron chi connectivity index (χ1n) is 9.99. The predicted molar refractivity (Wildman–Crippen MR) is 113 cm³/mol. The highest BCUT2D eigenvalue weighted by Gasteiger charge is 2.44. The fraction of sp³-hybridized carbons (Fsp3) is 0.700. The molecule has 1 saturated heterocycles. The lowest BCUT2D eigenvalue weighted by atomic mass is 9.99. The summed E-state index contributed by atoms with van der Waals surface area (Å²) in [6, 6.07) is 1.22. The molecule has 0 aliphatic carbocycles. The average Bonchev–Trinajstić information content (AvgIpc) is 2.94. The molecule has 29 heavy (non-hydrogen) atoms. The van der Waals surface area contributed by atoms with E-state index in [1.807, 2.05) is 6.08 Å². The number of rotatable bonds is 8. The van der Waals surface area contributed by atoms with Crippen molar-refractivity contribution in [1.82, 2.24) is 9.55 Å². The Kier molecular flexibility index (Phi) is 7.45. The first-order chi connectivity index (χ1) is 13.4. The molecule has 0 radical (unpaired) electrons. The van der Waals surface area contributed by atoms with Crippen LogP contribution in [0.5, 0.6) is 0 Å². The van der Waals surface area contributed by atoms with Gasteiger partial charge in [0.25, 0.3) is 5.56 Å². The number of nitrogens with one attached hydrogen (secondary N) is 1. The van der Waals surface area contributed by atoms with E-state index in [1.165, 1.54) is 16.8 Å². The van der Waals surface area contributed by atoms with E-state index in [0.717, 1.165) is 0 Å². The van der Waals surface area contributed by atoms with E-state index >= 15 is 0 Å². The first kappa shape index (κ1) is 23.8. The van der Waals surface area contributed by atoms with Crippen molar-refractivity contribution >= 4 is 8.32 Å². The van der Waals surface area contributed by atoms with Gasteiger partial charge in [-0.1, -0.05) is 39.8 Å². The third-order valence-corrected chi connectivity index (χ3v) is 11.2. The highest BCUT2D eigenvalue weighted by atomic mass is 28.4. The van der Waals surface area contributed by atoms with Crippen LogP contribution in [-0.4, -0.2) is 53.5 Å². The molecule has 9 heteroatoms. The van der Waals surface area contributed by atoms with Gasteiger partial charge in [0.1, 0.15) is 12.3 Å². The molecule has 8 nitrogen and oxygen atoms in total. The fourth-order valence-corrected chi connectivity index (χ4v) is 5.63. The van der Waals surface area contributed by atoms with Crippen molar-refractivity contribution in [2.75, 3.05) is 13.2 Å². The average molecular weight is 427 g/mol. The van der Waals surface area contributed by atoms with Gasteiger partial charge in [-0.3, -0.25) is 14.3 Å². The molecule has 0 amide bonds. The molecule has 1 aromatic rings. The van der Waals surface area contributed by atoms with Crippen molar-refractivity contribution in [3.8, 4) is 0 Å². The molecule has 1 aromatic heterocycles. The summed E-state index contributed by atoms with van der Waals surface area (Å²) in [6.45, 7) is 13.2. The SMILES string of the molecule is CC(C)C(C)(C)[Si](C)(C)OC/C=C/[C@@H]1[C@H](O)[C@@H](CO)O[C@H]1n1ccc(=O)[nH]c1=O. The Labute approximate surface area is 172 Å². The maximum Gasteiger partial charge on any atom is 0.330 e. The number of hydrogen-bond acceptors (Lipinski definition) is 6. The highest BCUT2D eigenvalue weighted by Crippen LogP contribution is 2.44. The van der Waals surface area contributed by atoms with Crippen LogP contribution in [-0.2, 0) is 9.16 Å². The normalized spacial score (nSPS) is 26.0. The zero-order valence-corrected chi connectivity index (χ0v) is 19.1. The van der Waals surface area contributed by atoms with Crippen LogP contribution in [0.3, 0.4) is 0 Å². The molecule has 1 fully saturated rings. The molecule has 0 spiro atoms. The minimum absolute atomic E-state index is 0.0879. The zero-order chi connectivity index (χ0) is 22.0. The van der Waals surface area contributed by atoms with Gasteiger partial charge in [0.2, 0.25) is 0 Å². The second-order valence-corrected chi connectivity index (χ2v) is 13.6. The number of hydrogen-bond donors (Lipinski definition) is 3. The number of ether oxygens (including phenoxy) is 1. The third kappa shape index (κ3) is 4.97. The molecule has 4 atom stereocenters. The number of nitrogens with zero attached hydrogens (tertiary/aromatic N) is 1. The van der Waals surface area contributed by atoms with Crippen LogP contribution in [0.1, 0.15) is 33.9 Å². The molecule has 2 heterocycles. The van der Waals surface area contributed by atoms with Gasteiger partial charge in [0.15, 0.2) is 8.32 Å². The number of aromatic nitrogens is 2. The molecular weight excluding hydrogens is 392 g/mol. The van der Waals surface area contributed by atoms with Crippen molar-refractivity contribution < 1.29 is 19.4 Å². The molecule has 1 aliphatic rings. The quantitative estimate of drug-likeness (QED) is 0.430. The van der Waals surface area contributed by atoms with Crippen LogP contribution >= 0.6 is 0 Å². The predicted octanol–water partition coefficient (Wildman–Crippen LogP) is 1.62. The summed E-state index contributed by atoms with van der Waals surface area (Å²) in [5, 5.41) is 20.1. The Balaban J connectivity index is 2.17. The molecule has 0 saturated carbocycles. The minimum Gasteiger partial charge on any atom is -0.413 e. The van der Waals surface area contributed by atoms with Crippen molar-refractivity contribution in [2.24, 2.45) is 11.8 Å². The summed E-state index contributed by atoms with van der Waals surface area (Å²) in [7, 11) is -1.98. The van der Waals surface area contributed by atoms with Crippen LogP contribution in [0.15, 0.2) is 34.0 Å². The van der Waals surface area contributed by atoms with Gasteiger partial charge < -0.3 is 19.4 Å². The molecule has 1 aliphatic heterocycles. The molecule has 164 valence electrons. The van der Waals surface area contributed by atoms with E-state index < -0.39 is 43.9 Å². The summed E-state index contributed by atoms with van der Waals surface area (Å²) in [5.74, 6) is -0.0813. The van der Waals surface area contributed by atoms with E-state index in [-0.39, 0.29) is 11.6 Å². The van der Waals surface area contributed by atoms with Crippen molar-refractivity contribution in [3.05, 3.63) is 45.3 Å². The van der Waals surface area contributed by atoms with Crippen LogP contribution in [0, 0.1) is 11.8 Å². The second-order valence-electron chi connectivity index (χ2n) is 8.96. The van der Waals surface area contributed by atoms with Crippen LogP contribution in [0.4, 0.5) is 0 Å². The van der Waals surface area contributed by atoms with E-state index in [1.54, 1.807) is 6.08 Å². The Morgan fingerprint density at radius 2 is 2.03 bits per heavy atom. The van der Waals surface area contributed by atoms with Gasteiger partial charge in [0.05, 0.1) is 25.2 Å². The topological polar surface area (TPSA) is 114 Å². The Bertz CT molecular complexity index is 829. The molecular formula is C20H34N2O6Si. The second kappa shape index (κ2) is 9.09. The smallest absolute Gasteiger partial charge is 0.330 e. The molecule has 3 N–H and O–H groups in total. The fourth-order valence-electron chi connectivity index (χ4n) is 3.36. The van der Waals surface area contributed by atoms with E-state index in [4.69, 9.17) is 9.16 Å². The van der Waals surface area contributed by atoms with Crippen LogP contribution in [0.2, 0.25) is 18.1 Å². The van der Waals surface area contributed by atoms with Crippen LogP contribution in [0.25, 0.3) is 0 Å². The number of aromatic amines is 1. The van der Waals surface area contributed by atoms with Crippen molar-refractivity contribution in [2.45, 2.75) is 64.3 Å². The summed E-state index contributed by atoms with van der Waals surface area (Å²) < 4.78 is 13.2. The Hall–Kier alpha value is -1.52. The molecule has 0 bridgehead atoms. The summed E-state index contributed by atoms with van der Waals surface area (Å²) in [4.78, 5) is 25.7. The highest BCUT2D eigenvalue weighted by molar-refractivity contribution is 6.74. The summed E-state index contributed by atoms with van der Waals surface area (Å²) >= 11 is 0. The van der Waals surface area contributed by atoms with Gasteiger partial charge >= 0.3 is 5.69 Å². The molecule has 0 aromatic carbocycles. The number of aliphatic hydroxyl groups excluding tert-OH is 2. The van der Waals surface area contributed by atoms with Gasteiger partial charge in [-0.2, -0.15) is 0 Å². The zero-order valence-electron chi connectivity index (χ0n) is 18.1. The van der Waals surface area contributed by atoms with E-state index in [0.29, 0.717) is 12.5 Å². The maximum absolute atomic E-state index is 12.1. The lowest BCUT2D eigenvalue weighted by Gasteiger charge is -2.42. The van der Waals surface area contributed by atoms with Crippen molar-refractivity contribution in [3.63, 3.8) is 0 Å². The van der Waals surface area contributed by atoms with Crippen LogP contribution < -0.4 is 11.2 Å². The standard InChI is InChI=1S/C20H34N2O6Si/c1-13(2)20(3,4)29(5,6)27-11-7-8-14-17(25)15(12-23)28-18(14)22-10-9-16(24)21-19(22)26/h7-10,13-15,17-18,23,25H,11-12H2,1-6H3,(H,21,24,26)/b8-7+/t14-,15-,17+,18-/m1/s1. The Morgan fingerprint density at radius 1 is 1.38 bits per heavy atom. The lowest BCUT2D eigenvalue weighted by molar-refractivity contribution is -0.0471. The minimum atomic E-state index is -1.98. The molecule has 2 rings (SSSR count). The summed E-state index contributed by atoms with van der Waals surface area (Å²) in [6.07, 6.45) is 2.27. The molecule has 0 unspecified atom stereocenters. The monoisotopic (exact) mass is 426 g/mol. The van der Waals surface area contributed by atoms with Gasteiger partial charge in [0, 0.05) is 12.3 Å². The number of aliphatic hydroxyl groups is 2. The van der Waals surface area contributed by atoms with E-state index in [2.05, 4.69) is 45.8 Å².